The van der Waals surface area contributed by atoms with Gasteiger partial charge in [0.2, 0.25) is 0 Å². The zero-order valence-electron chi connectivity index (χ0n) is 10.2. The third-order valence-electron chi connectivity index (χ3n) is 2.66. The summed E-state index contributed by atoms with van der Waals surface area (Å²) < 4.78 is 0.767. The molecule has 0 saturated heterocycles. The molecule has 4 heteroatoms. The van der Waals surface area contributed by atoms with Gasteiger partial charge >= 0.3 is 0 Å². The Bertz CT molecular complexity index is 596. The van der Waals surface area contributed by atoms with Crippen molar-refractivity contribution in [3.63, 3.8) is 0 Å². The van der Waals surface area contributed by atoms with E-state index in [-0.39, 0.29) is 5.91 Å². The average molecular weight is 305 g/mol. The molecule has 0 radical (unpaired) electrons. The lowest BCUT2D eigenvalue weighted by Gasteiger charge is -2.09. The maximum Gasteiger partial charge on any atom is 0.255 e. The predicted molar refractivity (Wildman–Crippen MR) is 75.8 cm³/mol. The number of amides is 1. The number of aryl methyl sites for hydroxylation is 2. The molecular formula is C14H13BrN2O. The van der Waals surface area contributed by atoms with E-state index < -0.39 is 0 Å². The van der Waals surface area contributed by atoms with Gasteiger partial charge < -0.3 is 5.32 Å². The summed E-state index contributed by atoms with van der Waals surface area (Å²) in [7, 11) is 0. The molecule has 1 heterocycles. The fourth-order valence-electron chi connectivity index (χ4n) is 1.65. The third kappa shape index (κ3) is 2.76. The molecule has 0 fully saturated rings. The number of aromatic nitrogens is 1. The Balaban J connectivity index is 2.28. The summed E-state index contributed by atoms with van der Waals surface area (Å²) in [6, 6.07) is 7.59. The first-order chi connectivity index (χ1) is 8.58. The number of hydrogen-bond acceptors (Lipinski definition) is 2. The Morgan fingerprint density at radius 1 is 1.28 bits per heavy atom. The second kappa shape index (κ2) is 5.31. The minimum atomic E-state index is -0.108. The van der Waals surface area contributed by atoms with Crippen LogP contribution in [0.2, 0.25) is 0 Å². The van der Waals surface area contributed by atoms with Gasteiger partial charge in [-0.05, 0) is 47.5 Å². The number of nitrogens with zero attached hydrogens (tertiary/aromatic N) is 1. The summed E-state index contributed by atoms with van der Waals surface area (Å²) in [6.07, 6.45) is 3.29. The minimum absolute atomic E-state index is 0.108. The van der Waals surface area contributed by atoms with Crippen LogP contribution in [-0.4, -0.2) is 10.9 Å². The molecule has 92 valence electrons. The summed E-state index contributed by atoms with van der Waals surface area (Å²) in [6.45, 7) is 3.90. The quantitative estimate of drug-likeness (QED) is 0.919. The van der Waals surface area contributed by atoms with Crippen molar-refractivity contribution >= 4 is 27.5 Å². The number of anilines is 1. The Hall–Kier alpha value is -1.68. The largest absolute Gasteiger partial charge is 0.321 e. The number of hydrogen-bond donors (Lipinski definition) is 1. The van der Waals surface area contributed by atoms with Crippen molar-refractivity contribution in [1.82, 2.24) is 4.98 Å². The number of benzene rings is 1. The fourth-order valence-corrected chi connectivity index (χ4v) is 2.00. The smallest absolute Gasteiger partial charge is 0.255 e. The van der Waals surface area contributed by atoms with Crippen LogP contribution in [-0.2, 0) is 0 Å². The average Bonchev–Trinajstić information content (AvgIpc) is 2.35. The number of halogens is 1. The molecule has 1 aromatic carbocycles. The highest BCUT2D eigenvalue weighted by molar-refractivity contribution is 9.10. The van der Waals surface area contributed by atoms with Gasteiger partial charge in [-0.2, -0.15) is 0 Å². The second-order valence-electron chi connectivity index (χ2n) is 4.13. The topological polar surface area (TPSA) is 42.0 Å². The van der Waals surface area contributed by atoms with Crippen LogP contribution in [0.25, 0.3) is 0 Å². The lowest BCUT2D eigenvalue weighted by Crippen LogP contribution is -2.14. The Morgan fingerprint density at radius 3 is 2.78 bits per heavy atom. The van der Waals surface area contributed by atoms with Crippen molar-refractivity contribution in [2.45, 2.75) is 13.8 Å². The van der Waals surface area contributed by atoms with Crippen LogP contribution in [0.5, 0.6) is 0 Å². The molecule has 2 rings (SSSR count). The highest BCUT2D eigenvalue weighted by atomic mass is 79.9. The fraction of sp³-hybridized carbons (Fsp3) is 0.143. The van der Waals surface area contributed by atoms with Crippen LogP contribution < -0.4 is 5.32 Å². The standard InChI is InChI=1S/C14H13BrN2O/c1-9-3-4-10(2)11(7-9)14(18)17-13-5-6-16-8-12(13)15/h3-8H,1-2H3,(H,16,17,18). The van der Waals surface area contributed by atoms with Crippen molar-refractivity contribution in [3.8, 4) is 0 Å². The molecule has 2 aromatic rings. The van der Waals surface area contributed by atoms with Crippen LogP contribution in [0.1, 0.15) is 21.5 Å². The van der Waals surface area contributed by atoms with Gasteiger partial charge in [0.05, 0.1) is 10.2 Å². The number of pyridine rings is 1. The number of carbonyl (C=O) groups is 1. The van der Waals surface area contributed by atoms with E-state index in [1.165, 1.54) is 0 Å². The molecular weight excluding hydrogens is 292 g/mol. The van der Waals surface area contributed by atoms with Gasteiger partial charge in [0.1, 0.15) is 0 Å². The van der Waals surface area contributed by atoms with Gasteiger partial charge in [0, 0.05) is 18.0 Å². The molecule has 1 amide bonds. The monoisotopic (exact) mass is 304 g/mol. The van der Waals surface area contributed by atoms with Crippen LogP contribution >= 0.6 is 15.9 Å². The van der Waals surface area contributed by atoms with Crippen molar-refractivity contribution in [1.29, 1.82) is 0 Å². The minimum Gasteiger partial charge on any atom is -0.321 e. The number of carbonyl (C=O) groups excluding carboxylic acids is 1. The normalized spacial score (nSPS) is 10.2. The van der Waals surface area contributed by atoms with Crippen LogP contribution in [0.15, 0.2) is 41.1 Å². The molecule has 0 unspecified atom stereocenters. The van der Waals surface area contributed by atoms with Crippen molar-refractivity contribution < 1.29 is 4.79 Å². The number of rotatable bonds is 2. The Labute approximate surface area is 114 Å². The first kappa shape index (κ1) is 12.8. The first-order valence-corrected chi connectivity index (χ1v) is 6.35. The maximum absolute atomic E-state index is 12.2. The molecule has 0 saturated carbocycles. The van der Waals surface area contributed by atoms with E-state index in [2.05, 4.69) is 26.2 Å². The van der Waals surface area contributed by atoms with Gasteiger partial charge in [-0.15, -0.1) is 0 Å². The molecule has 0 aliphatic heterocycles. The van der Waals surface area contributed by atoms with E-state index in [4.69, 9.17) is 0 Å². The van der Waals surface area contributed by atoms with Gasteiger partial charge in [0.25, 0.3) is 5.91 Å². The van der Waals surface area contributed by atoms with E-state index in [0.29, 0.717) is 5.56 Å². The molecule has 0 aliphatic rings. The van der Waals surface area contributed by atoms with Gasteiger partial charge in [0.15, 0.2) is 0 Å². The second-order valence-corrected chi connectivity index (χ2v) is 4.98. The Kier molecular flexibility index (Phi) is 3.77. The van der Waals surface area contributed by atoms with Crippen LogP contribution in [0, 0.1) is 13.8 Å². The zero-order valence-corrected chi connectivity index (χ0v) is 11.8. The summed E-state index contributed by atoms with van der Waals surface area (Å²) in [5.74, 6) is -0.108. The SMILES string of the molecule is Cc1ccc(C)c(C(=O)Nc2ccncc2Br)c1. The van der Waals surface area contributed by atoms with Gasteiger partial charge in [-0.25, -0.2) is 0 Å². The highest BCUT2D eigenvalue weighted by Gasteiger charge is 2.10. The molecule has 1 N–H and O–H groups in total. The van der Waals surface area contributed by atoms with E-state index in [0.717, 1.165) is 21.3 Å². The summed E-state index contributed by atoms with van der Waals surface area (Å²) in [4.78, 5) is 16.1. The highest BCUT2D eigenvalue weighted by Crippen LogP contribution is 2.21. The molecule has 1 aromatic heterocycles. The lowest BCUT2D eigenvalue weighted by molar-refractivity contribution is 0.102. The van der Waals surface area contributed by atoms with Crippen molar-refractivity contribution in [2.24, 2.45) is 0 Å². The molecule has 0 bridgehead atoms. The van der Waals surface area contributed by atoms with E-state index in [1.54, 1.807) is 18.5 Å². The third-order valence-corrected chi connectivity index (χ3v) is 3.29. The summed E-state index contributed by atoms with van der Waals surface area (Å²) >= 11 is 3.35. The van der Waals surface area contributed by atoms with Gasteiger partial charge in [-0.1, -0.05) is 17.7 Å². The lowest BCUT2D eigenvalue weighted by atomic mass is 10.1. The van der Waals surface area contributed by atoms with E-state index in [1.807, 2.05) is 32.0 Å². The molecule has 0 atom stereocenters. The molecule has 3 nitrogen and oxygen atoms in total. The zero-order chi connectivity index (χ0) is 13.1. The van der Waals surface area contributed by atoms with Crippen LogP contribution in [0.3, 0.4) is 0 Å². The van der Waals surface area contributed by atoms with Crippen LogP contribution in [0.4, 0.5) is 5.69 Å². The molecule has 18 heavy (non-hydrogen) atoms. The van der Waals surface area contributed by atoms with Gasteiger partial charge in [-0.3, -0.25) is 9.78 Å². The van der Waals surface area contributed by atoms with Crippen molar-refractivity contribution in [3.05, 3.63) is 57.8 Å². The van der Waals surface area contributed by atoms with E-state index in [9.17, 15) is 4.79 Å². The number of nitrogens with one attached hydrogen (secondary N) is 1. The van der Waals surface area contributed by atoms with Crippen molar-refractivity contribution in [2.75, 3.05) is 5.32 Å². The molecule has 0 spiro atoms. The molecule has 0 aliphatic carbocycles. The first-order valence-electron chi connectivity index (χ1n) is 5.56. The Morgan fingerprint density at radius 2 is 2.06 bits per heavy atom. The maximum atomic E-state index is 12.2. The van der Waals surface area contributed by atoms with E-state index >= 15 is 0 Å². The summed E-state index contributed by atoms with van der Waals surface area (Å²) in [5, 5.41) is 2.87. The predicted octanol–water partition coefficient (Wildman–Crippen LogP) is 3.71. The summed E-state index contributed by atoms with van der Waals surface area (Å²) in [5.41, 5.74) is 3.44.